The number of hydrogen-bond acceptors (Lipinski definition) is 5. The van der Waals surface area contributed by atoms with Gasteiger partial charge in [0.05, 0.1) is 17.6 Å². The number of Topliss-reactive ketones (excluding diaryl/α,β-unsaturated/α-hetero) is 1. The van der Waals surface area contributed by atoms with Gasteiger partial charge in [-0.05, 0) is 86.1 Å². The van der Waals surface area contributed by atoms with E-state index in [4.69, 9.17) is 9.20 Å². The number of hydrogen-bond donors (Lipinski definition) is 2. The Labute approximate surface area is 183 Å². The van der Waals surface area contributed by atoms with Crippen LogP contribution in [0.3, 0.4) is 0 Å². The maximum atomic E-state index is 14.7. The summed E-state index contributed by atoms with van der Waals surface area (Å²) < 4.78 is 41.2. The summed E-state index contributed by atoms with van der Waals surface area (Å²) in [4.78, 5) is 13.0. The van der Waals surface area contributed by atoms with Crippen LogP contribution in [0.4, 0.5) is 4.39 Å². The predicted octanol–water partition coefficient (Wildman–Crippen LogP) is 4.87. The third-order valence-corrected chi connectivity index (χ3v) is 8.26. The highest BCUT2D eigenvalue weighted by molar-refractivity contribution is 7.93. The van der Waals surface area contributed by atoms with Gasteiger partial charge in [0, 0.05) is 18.1 Å². The van der Waals surface area contributed by atoms with Crippen LogP contribution in [0.2, 0.25) is 0 Å². The Kier molecular flexibility index (Phi) is 5.63. The summed E-state index contributed by atoms with van der Waals surface area (Å²) in [6.45, 7) is 5.23. The summed E-state index contributed by atoms with van der Waals surface area (Å²) in [6, 6.07) is 2.99. The summed E-state index contributed by atoms with van der Waals surface area (Å²) >= 11 is 0. The van der Waals surface area contributed by atoms with Crippen molar-refractivity contribution in [2.75, 3.05) is 5.75 Å². The molecule has 0 spiro atoms. The lowest BCUT2D eigenvalue weighted by Gasteiger charge is -2.20. The van der Waals surface area contributed by atoms with Gasteiger partial charge in [0.15, 0.2) is 10.9 Å². The van der Waals surface area contributed by atoms with Crippen LogP contribution in [0.25, 0.3) is 0 Å². The Bertz CT molecular complexity index is 1120. The quantitative estimate of drug-likeness (QED) is 0.604. The van der Waals surface area contributed by atoms with Crippen molar-refractivity contribution in [3.05, 3.63) is 52.0 Å². The zero-order valence-corrected chi connectivity index (χ0v) is 19.1. The summed E-state index contributed by atoms with van der Waals surface area (Å²) in [6.07, 6.45) is 5.88. The first-order valence-corrected chi connectivity index (χ1v) is 12.6. The van der Waals surface area contributed by atoms with E-state index in [9.17, 15) is 18.5 Å². The third kappa shape index (κ3) is 4.48. The van der Waals surface area contributed by atoms with Crippen molar-refractivity contribution in [1.29, 1.82) is 4.78 Å². The summed E-state index contributed by atoms with van der Waals surface area (Å²) in [5, 5.41) is 9.97. The molecule has 0 amide bonds. The highest BCUT2D eigenvalue weighted by Gasteiger charge is 2.34. The Hall–Kier alpha value is -1.99. The van der Waals surface area contributed by atoms with Gasteiger partial charge in [0.25, 0.3) is 0 Å². The lowest BCUT2D eigenvalue weighted by molar-refractivity contribution is -0.116. The first-order chi connectivity index (χ1) is 14.5. The zero-order chi connectivity index (χ0) is 22.6. The van der Waals surface area contributed by atoms with Gasteiger partial charge in [-0.15, -0.1) is 0 Å². The number of furan rings is 1. The minimum atomic E-state index is -3.48. The van der Waals surface area contributed by atoms with Crippen LogP contribution in [0, 0.1) is 16.5 Å². The molecule has 0 bridgehead atoms. The number of ketones is 1. The van der Waals surface area contributed by atoms with E-state index in [1.54, 1.807) is 19.9 Å². The fourth-order valence-electron chi connectivity index (χ4n) is 4.65. The van der Waals surface area contributed by atoms with E-state index in [0.29, 0.717) is 23.5 Å². The van der Waals surface area contributed by atoms with Gasteiger partial charge in [-0.25, -0.2) is 13.4 Å². The third-order valence-electron chi connectivity index (χ3n) is 6.67. The minimum Gasteiger partial charge on any atom is -0.454 e. The highest BCUT2D eigenvalue weighted by Crippen LogP contribution is 2.45. The van der Waals surface area contributed by atoms with E-state index in [1.807, 2.05) is 0 Å². The summed E-state index contributed by atoms with van der Waals surface area (Å²) in [7, 11) is -3.48. The van der Waals surface area contributed by atoms with Gasteiger partial charge in [-0.2, -0.15) is 0 Å². The molecule has 1 aromatic carbocycles. The van der Waals surface area contributed by atoms with Crippen molar-refractivity contribution in [1.82, 2.24) is 0 Å². The molecule has 0 unspecified atom stereocenters. The molecular weight excluding hydrogens is 417 g/mol. The van der Waals surface area contributed by atoms with Gasteiger partial charge in [-0.3, -0.25) is 4.79 Å². The van der Waals surface area contributed by atoms with Crippen LogP contribution < -0.4 is 0 Å². The van der Waals surface area contributed by atoms with E-state index in [-0.39, 0.29) is 29.0 Å². The molecule has 168 valence electrons. The van der Waals surface area contributed by atoms with Crippen LogP contribution in [-0.2, 0) is 39.4 Å². The van der Waals surface area contributed by atoms with E-state index in [0.717, 1.165) is 42.4 Å². The zero-order valence-electron chi connectivity index (χ0n) is 18.3. The smallest absolute Gasteiger partial charge is 0.199 e. The number of carbonyl (C=O) groups excluding carboxylic acids is 1. The number of halogens is 1. The van der Waals surface area contributed by atoms with E-state index >= 15 is 0 Å². The normalized spacial score (nSPS) is 19.1. The first kappa shape index (κ1) is 22.2. The molecule has 5 nitrogen and oxygen atoms in total. The molecule has 2 aromatic rings. The molecular formula is C24H30FNO4S. The lowest BCUT2D eigenvalue weighted by Crippen LogP contribution is -2.19. The van der Waals surface area contributed by atoms with Crippen LogP contribution in [0.15, 0.2) is 27.9 Å². The molecule has 0 radical (unpaired) electrons. The van der Waals surface area contributed by atoms with Crippen LogP contribution in [0.1, 0.15) is 73.8 Å². The standard InChI is InChI=1S/C24H30FNO4S/c1-14(15-7-8-15)20-11-22(25)19-6-4-5-18(19)21(20)10-17(27)13-31(26,29)23-9-16(12-30-23)24(2,3)28/h9,11-12,14-15,26,28H,4-8,10,13H2,1-3H3/t14-,31-/m0/s1. The van der Waals surface area contributed by atoms with Gasteiger partial charge < -0.3 is 9.52 Å². The molecule has 0 saturated heterocycles. The Balaban J connectivity index is 1.60. The number of carbonyl (C=O) groups is 1. The summed E-state index contributed by atoms with van der Waals surface area (Å²) in [5.74, 6) is -0.245. The SMILES string of the molecule is C[C@H](c1cc(F)c2c(c1CC(=O)C[S@](=N)(=O)c1cc(C(C)(C)O)co1)CCC2)C1CC1. The van der Waals surface area contributed by atoms with E-state index in [1.165, 1.54) is 12.3 Å². The van der Waals surface area contributed by atoms with E-state index in [2.05, 4.69) is 6.92 Å². The van der Waals surface area contributed by atoms with E-state index < -0.39 is 21.1 Å². The van der Waals surface area contributed by atoms with Gasteiger partial charge >= 0.3 is 0 Å². The van der Waals surface area contributed by atoms with Gasteiger partial charge in [0.2, 0.25) is 0 Å². The van der Waals surface area contributed by atoms with Crippen molar-refractivity contribution in [2.24, 2.45) is 5.92 Å². The molecule has 31 heavy (non-hydrogen) atoms. The molecule has 1 fully saturated rings. The largest absolute Gasteiger partial charge is 0.454 e. The molecule has 2 aliphatic carbocycles. The Morgan fingerprint density at radius 3 is 2.61 bits per heavy atom. The van der Waals surface area contributed by atoms with Gasteiger partial charge in [-0.1, -0.05) is 6.92 Å². The first-order valence-electron chi connectivity index (χ1n) is 10.9. The molecule has 2 aliphatic rings. The predicted molar refractivity (Wildman–Crippen MR) is 116 cm³/mol. The van der Waals surface area contributed by atoms with Crippen molar-refractivity contribution < 1.29 is 22.9 Å². The number of aliphatic hydroxyl groups is 1. The molecule has 1 heterocycles. The average molecular weight is 448 g/mol. The Morgan fingerprint density at radius 2 is 2.00 bits per heavy atom. The maximum Gasteiger partial charge on any atom is 0.199 e. The monoisotopic (exact) mass is 447 g/mol. The van der Waals surface area contributed by atoms with Gasteiger partial charge in [0.1, 0.15) is 15.5 Å². The minimum absolute atomic E-state index is 0.0595. The number of nitrogens with one attached hydrogen (secondary N) is 1. The highest BCUT2D eigenvalue weighted by atomic mass is 32.2. The molecule has 2 N–H and O–H groups in total. The van der Waals surface area contributed by atoms with Crippen molar-refractivity contribution in [3.8, 4) is 0 Å². The molecule has 1 aromatic heterocycles. The second-order valence-corrected chi connectivity index (χ2v) is 11.7. The molecule has 1 saturated carbocycles. The fourth-order valence-corrected chi connectivity index (χ4v) is 5.87. The van der Waals surface area contributed by atoms with Crippen molar-refractivity contribution >= 4 is 15.5 Å². The number of rotatable bonds is 8. The summed E-state index contributed by atoms with van der Waals surface area (Å²) in [5.41, 5.74) is 2.64. The number of fused-ring (bicyclic) bond motifs is 1. The van der Waals surface area contributed by atoms with Crippen LogP contribution in [0.5, 0.6) is 0 Å². The van der Waals surface area contributed by atoms with Crippen LogP contribution >= 0.6 is 0 Å². The second-order valence-electron chi connectivity index (χ2n) is 9.61. The molecule has 7 heteroatoms. The molecule has 0 aliphatic heterocycles. The average Bonchev–Trinajstić information content (AvgIpc) is 3.17. The van der Waals surface area contributed by atoms with Crippen molar-refractivity contribution in [2.45, 2.75) is 75.9 Å². The molecule has 4 rings (SSSR count). The Morgan fingerprint density at radius 1 is 1.32 bits per heavy atom. The maximum absolute atomic E-state index is 14.7. The van der Waals surface area contributed by atoms with Crippen molar-refractivity contribution in [3.63, 3.8) is 0 Å². The topological polar surface area (TPSA) is 91.4 Å². The number of benzene rings is 1. The van der Waals surface area contributed by atoms with Crippen LogP contribution in [-0.4, -0.2) is 20.9 Å². The molecule has 2 atom stereocenters. The lowest BCUT2D eigenvalue weighted by atomic mass is 9.85. The fraction of sp³-hybridized carbons (Fsp3) is 0.542. The second kappa shape index (κ2) is 7.85.